The zero-order chi connectivity index (χ0) is 79.3. The van der Waals surface area contributed by atoms with E-state index in [0.717, 1.165) is 38.9 Å². The molecule has 0 spiro atoms. The molecule has 2 fully saturated rings. The van der Waals surface area contributed by atoms with Crippen molar-refractivity contribution in [3.63, 3.8) is 0 Å². The minimum Gasteiger partial charge on any atom is -0.370 e. The number of primary amides is 2. The van der Waals surface area contributed by atoms with Crippen molar-refractivity contribution >= 4 is 94.5 Å². The monoisotopic (exact) mass is 1530 g/mol. The Morgan fingerprint density at radius 3 is 1.54 bits per heavy atom. The molecule has 0 aliphatic carbocycles. The van der Waals surface area contributed by atoms with Crippen LogP contribution in [0.25, 0.3) is 0 Å². The molecule has 34 nitrogen and oxygen atoms in total. The summed E-state index contributed by atoms with van der Waals surface area (Å²) in [4.78, 5) is 189. The maximum Gasteiger partial charge on any atom is 0.245 e. The molecule has 35 heteroatoms. The lowest BCUT2D eigenvalue weighted by molar-refractivity contribution is -0.144. The van der Waals surface area contributed by atoms with Crippen LogP contribution < -0.4 is 98.6 Å². The molecule has 0 unspecified atom stereocenters. The highest BCUT2D eigenvalue weighted by molar-refractivity contribution is 7.98. The van der Waals surface area contributed by atoms with Crippen molar-refractivity contribution in [2.75, 3.05) is 84.0 Å². The molecule has 2 saturated heterocycles. The molecule has 0 aromatic heterocycles. The molecule has 25 N–H and O–H groups in total. The average Bonchev–Trinajstić information content (AvgIpc) is 1.60. The van der Waals surface area contributed by atoms with Crippen LogP contribution in [0, 0.1) is 5.92 Å². The van der Waals surface area contributed by atoms with Gasteiger partial charge in [-0.25, -0.2) is 0 Å². The van der Waals surface area contributed by atoms with E-state index < -0.39 is 157 Å². The zero-order valence-corrected chi connectivity index (χ0v) is 63.9. The first-order valence-corrected chi connectivity index (χ1v) is 39.2. The first-order valence-electron chi connectivity index (χ1n) is 37.8. The number of nitrogens with two attached hydrogens (primary N) is 7. The second kappa shape index (κ2) is 51.3. The van der Waals surface area contributed by atoms with Crippen molar-refractivity contribution in [2.45, 2.75) is 209 Å². The van der Waals surface area contributed by atoms with Gasteiger partial charge in [0.25, 0.3) is 0 Å². The summed E-state index contributed by atoms with van der Waals surface area (Å²) in [5.74, 6) is -9.30. The number of unbranched alkanes of at least 4 members (excludes halogenated alkanes) is 2. The van der Waals surface area contributed by atoms with Crippen LogP contribution in [-0.4, -0.2) is 237 Å². The van der Waals surface area contributed by atoms with E-state index in [1.807, 2.05) is 20.1 Å². The van der Waals surface area contributed by atoms with Crippen molar-refractivity contribution in [3.8, 4) is 0 Å². The Bertz CT molecular complexity index is 3210. The molecule has 10 atom stereocenters. The zero-order valence-electron chi connectivity index (χ0n) is 63.1. The first kappa shape index (κ1) is 91.4. The summed E-state index contributed by atoms with van der Waals surface area (Å²) in [6, 6.07) is 4.60. The quantitative estimate of drug-likeness (QED) is 0.0175. The summed E-state index contributed by atoms with van der Waals surface area (Å²) in [5.41, 5.74) is 41.0. The van der Waals surface area contributed by atoms with Crippen LogP contribution in [-0.2, 0) is 75.2 Å². The highest BCUT2D eigenvalue weighted by Gasteiger charge is 2.42. The van der Waals surface area contributed by atoms with Gasteiger partial charge in [-0.1, -0.05) is 74.5 Å². The molecule has 13 amide bonds. The Labute approximate surface area is 638 Å². The number of nitrogens with one attached hydrogen (secondary N) is 11. The van der Waals surface area contributed by atoms with Crippen molar-refractivity contribution in [3.05, 3.63) is 71.8 Å². The van der Waals surface area contributed by atoms with E-state index in [2.05, 4.69) is 63.5 Å². The fraction of sp³-hybridized carbons (Fsp3) is 0.644. The van der Waals surface area contributed by atoms with Gasteiger partial charge < -0.3 is 108 Å². The summed E-state index contributed by atoms with van der Waals surface area (Å²) in [6.45, 7) is 7.86. The van der Waals surface area contributed by atoms with Crippen LogP contribution in [0.15, 0.2) is 65.7 Å². The van der Waals surface area contributed by atoms with Gasteiger partial charge in [0, 0.05) is 51.9 Å². The van der Waals surface area contributed by atoms with Gasteiger partial charge in [-0.3, -0.25) is 67.3 Å². The van der Waals surface area contributed by atoms with Crippen LogP contribution in [0.3, 0.4) is 0 Å². The van der Waals surface area contributed by atoms with Gasteiger partial charge in [0.2, 0.25) is 76.8 Å². The number of hydrogen-bond acceptors (Lipinski definition) is 20. The summed E-state index contributed by atoms with van der Waals surface area (Å²) < 4.78 is 0. The molecule has 4 rings (SSSR count). The Balaban J connectivity index is 1.62. The number of hydrogen-bond donors (Lipinski definition) is 18. The second-order valence-electron chi connectivity index (χ2n) is 27.7. The van der Waals surface area contributed by atoms with Gasteiger partial charge in [0.05, 0.1) is 12.6 Å². The Hall–Kier alpha value is -9.03. The molecule has 108 heavy (non-hydrogen) atoms. The molecule has 2 heterocycles. The van der Waals surface area contributed by atoms with Crippen molar-refractivity contribution in [1.82, 2.24) is 68.3 Å². The van der Waals surface area contributed by atoms with Crippen LogP contribution in [0.5, 0.6) is 0 Å². The highest BCUT2D eigenvalue weighted by atomic mass is 32.2. The summed E-state index contributed by atoms with van der Waals surface area (Å²) in [6.07, 6.45) is 6.69. The fourth-order valence-corrected chi connectivity index (χ4v) is 13.0. The van der Waals surface area contributed by atoms with Crippen molar-refractivity contribution < 1.29 is 62.3 Å². The summed E-state index contributed by atoms with van der Waals surface area (Å²) in [7, 11) is 0. The third-order valence-corrected chi connectivity index (χ3v) is 19.0. The lowest BCUT2D eigenvalue weighted by atomic mass is 10.0. The van der Waals surface area contributed by atoms with Gasteiger partial charge in [0.15, 0.2) is 5.96 Å². The molecule has 0 bridgehead atoms. The Kier molecular flexibility index (Phi) is 43.4. The van der Waals surface area contributed by atoms with Gasteiger partial charge in [-0.05, 0) is 177 Å². The lowest BCUT2D eigenvalue weighted by Gasteiger charge is -2.32. The first-order chi connectivity index (χ1) is 51.8. The van der Waals surface area contributed by atoms with E-state index in [-0.39, 0.29) is 102 Å². The maximum atomic E-state index is 15.0. The number of carbonyl (C=O) groups excluding carboxylic acids is 13. The smallest absolute Gasteiger partial charge is 0.245 e. The molecule has 0 radical (unpaired) electrons. The number of carbonyl (C=O) groups is 13. The van der Waals surface area contributed by atoms with Gasteiger partial charge >= 0.3 is 0 Å². The number of thioether (sulfide) groups is 1. The Morgan fingerprint density at radius 2 is 0.991 bits per heavy atom. The van der Waals surface area contributed by atoms with E-state index in [0.29, 0.717) is 74.9 Å². The van der Waals surface area contributed by atoms with Gasteiger partial charge in [-0.15, -0.1) is 0 Å². The highest BCUT2D eigenvalue weighted by Crippen LogP contribution is 2.24. The van der Waals surface area contributed by atoms with Gasteiger partial charge in [-0.2, -0.15) is 11.8 Å². The predicted octanol–water partition coefficient (Wildman–Crippen LogP) is -3.38. The molecule has 602 valence electrons. The minimum absolute atomic E-state index is 0.0760. The average molecular weight is 1530 g/mol. The second-order valence-corrected chi connectivity index (χ2v) is 28.7. The minimum atomic E-state index is -1.65. The topological polar surface area (TPSA) is 555 Å². The number of benzene rings is 2. The van der Waals surface area contributed by atoms with Crippen molar-refractivity contribution in [2.24, 2.45) is 51.0 Å². The Morgan fingerprint density at radius 1 is 0.491 bits per heavy atom. The van der Waals surface area contributed by atoms with E-state index in [9.17, 15) is 62.3 Å². The molecular formula is C73H121N21O13S. The summed E-state index contributed by atoms with van der Waals surface area (Å²) >= 11 is 1.46. The number of nitrogens with zero attached hydrogens (tertiary/aromatic N) is 3. The summed E-state index contributed by atoms with van der Waals surface area (Å²) in [5, 5.41) is 31.1. The predicted molar refractivity (Wildman–Crippen MR) is 413 cm³/mol. The van der Waals surface area contributed by atoms with E-state index >= 15 is 0 Å². The number of aliphatic imine (C=N–C) groups is 1. The van der Waals surface area contributed by atoms with E-state index in [4.69, 9.17) is 40.1 Å². The van der Waals surface area contributed by atoms with Gasteiger partial charge in [0.1, 0.15) is 54.4 Å². The van der Waals surface area contributed by atoms with Crippen LogP contribution in [0.4, 0.5) is 0 Å². The molecule has 2 aromatic rings. The molecule has 0 saturated carbocycles. The molecule has 2 aliphatic heterocycles. The number of rotatable bonds is 54. The number of amides is 13. The number of likely N-dealkylation sites (tertiary alicyclic amines) is 2. The maximum absolute atomic E-state index is 15.0. The third-order valence-electron chi connectivity index (χ3n) is 18.4. The van der Waals surface area contributed by atoms with E-state index in [1.165, 1.54) is 21.6 Å². The largest absolute Gasteiger partial charge is 0.370 e. The molecule has 2 aromatic carbocycles. The normalized spacial score (nSPS) is 16.2. The lowest BCUT2D eigenvalue weighted by Crippen LogP contribution is -2.60. The standard InChI is InChI=1S/C73H121N21O13S/c1-47(2)43-55(67(102)87-51(63(78)98)31-42-108-3)86-62(97)46-85-64(99)56(44-48-19-6-4-7-20-48)91-68(103)57(45-49-21-8-5-9-22-49)92-66(101)52(27-29-60(77)95)88-65(100)53(28-30-61(96)83-39-18-37-82-35-13-12-34-81-36-17-33-75)89-69(104)59-26-16-41-94(59)72(107)54(24-10-11-32-74)90-70(105)58-25-15-40-93(58)71(106)50(76)23-14-38-84-73(79)80/h4-9,19-22,47,50-59,81-82H,10-18,23-46,74-76H2,1-3H3,(H2,77,95)(H2,78,98)(H,83,96)(H,85,99)(H,86,97)(H,87,102)(H,88,100)(H,89,104)(H,90,105)(H,91,103)(H,92,101)(H4,79,80,84)/t50-,51-,52-,53-,54-,55-,56-,57-,58-,59-/m0/s1. The third kappa shape index (κ3) is 34.9. The number of guanidine groups is 1. The van der Waals surface area contributed by atoms with Crippen LogP contribution in [0.2, 0.25) is 0 Å². The van der Waals surface area contributed by atoms with E-state index in [1.54, 1.807) is 60.7 Å². The SMILES string of the molecule is CSCC[C@H](NC(=O)[C@H](CC(C)C)NC(=O)CNC(=O)[C@H](Cc1ccccc1)NC(=O)[C@H](Cc1ccccc1)NC(=O)[C@H](CCC(N)=O)NC(=O)[C@H](CCC(=O)NCCCNCCCCNCCCN)NC(=O)[C@@H]1CCCN1C(=O)[C@H](CCCCN)NC(=O)[C@@H]1CCCN1C(=O)[C@@H](N)CCCN=C(N)N)C(N)=O. The molecule has 2 aliphatic rings. The van der Waals surface area contributed by atoms with Crippen LogP contribution >= 0.6 is 11.8 Å². The molecular weight excluding hydrogens is 1410 g/mol. The van der Waals surface area contributed by atoms with Crippen molar-refractivity contribution in [1.29, 1.82) is 0 Å². The van der Waals surface area contributed by atoms with Crippen LogP contribution in [0.1, 0.15) is 147 Å². The fourth-order valence-electron chi connectivity index (χ4n) is 12.5.